The second-order valence-corrected chi connectivity index (χ2v) is 7.47. The normalized spacial score (nSPS) is 13.5. The second-order valence-electron chi connectivity index (χ2n) is 5.57. The van der Waals surface area contributed by atoms with Crippen LogP contribution in [0.4, 0.5) is 0 Å². The van der Waals surface area contributed by atoms with E-state index in [0.29, 0.717) is 11.3 Å². The van der Waals surface area contributed by atoms with Gasteiger partial charge < -0.3 is 14.2 Å². The van der Waals surface area contributed by atoms with Crippen molar-refractivity contribution in [2.45, 2.75) is 32.4 Å². The van der Waals surface area contributed by atoms with E-state index in [1.165, 1.54) is 7.11 Å². The van der Waals surface area contributed by atoms with Crippen molar-refractivity contribution in [3.63, 3.8) is 0 Å². The Balaban J connectivity index is 3.33. The number of carbonyl (C=O) groups is 1. The summed E-state index contributed by atoms with van der Waals surface area (Å²) in [5.74, 6) is -0.231. The Morgan fingerprint density at radius 3 is 2.48 bits per heavy atom. The molecule has 0 radical (unpaired) electrons. The highest BCUT2D eigenvalue weighted by molar-refractivity contribution is 7.85. The molecule has 0 aromatic heterocycles. The topological polar surface area (TPSA) is 74.2 Å². The molecule has 0 aliphatic carbocycles. The van der Waals surface area contributed by atoms with E-state index in [1.807, 2.05) is 0 Å². The molecule has 1 atom stereocenters. The fourth-order valence-electron chi connectivity index (χ4n) is 1.53. The number of benzene rings is 1. The van der Waals surface area contributed by atoms with E-state index in [9.17, 15) is 9.00 Å². The fourth-order valence-corrected chi connectivity index (χ4v) is 2.14. The Hall–Kier alpha value is -1.73. The number of methoxy groups -OCH3 is 1. The van der Waals surface area contributed by atoms with E-state index in [2.05, 4.69) is 4.40 Å². The Kier molecular flexibility index (Phi) is 7.38. The van der Waals surface area contributed by atoms with Gasteiger partial charge >= 0.3 is 5.97 Å². The highest BCUT2D eigenvalue weighted by Gasteiger charge is 2.25. The lowest BCUT2D eigenvalue weighted by atomic mass is 10.1. The quantitative estimate of drug-likeness (QED) is 0.433. The van der Waals surface area contributed by atoms with E-state index < -0.39 is 21.7 Å². The van der Waals surface area contributed by atoms with Gasteiger partial charge in [-0.05, 0) is 39.8 Å². The van der Waals surface area contributed by atoms with Crippen LogP contribution in [0, 0.1) is 0 Å². The first-order valence-corrected chi connectivity index (χ1v) is 8.30. The van der Waals surface area contributed by atoms with Crippen LogP contribution < -0.4 is 4.74 Å². The largest absolute Gasteiger partial charge is 0.467 e. The molecule has 1 aromatic carbocycles. The maximum atomic E-state index is 12.3. The van der Waals surface area contributed by atoms with Crippen LogP contribution in [0.5, 0.6) is 5.75 Å². The number of esters is 1. The second kappa shape index (κ2) is 8.79. The van der Waals surface area contributed by atoms with Crippen molar-refractivity contribution in [2.24, 2.45) is 4.40 Å². The summed E-state index contributed by atoms with van der Waals surface area (Å²) in [5, 5.41) is 0. The predicted octanol–water partition coefficient (Wildman–Crippen LogP) is 2.48. The number of carbonyl (C=O) groups excluding carboxylic acids is 1. The third kappa shape index (κ3) is 5.76. The smallest absolute Gasteiger partial charge is 0.358 e. The van der Waals surface area contributed by atoms with Crippen LogP contribution in [0.15, 0.2) is 28.7 Å². The lowest BCUT2D eigenvalue weighted by Crippen LogP contribution is -2.25. The van der Waals surface area contributed by atoms with Gasteiger partial charge in [0.05, 0.1) is 16.9 Å². The average molecular weight is 341 g/mol. The molecule has 0 spiro atoms. The lowest BCUT2D eigenvalue weighted by molar-refractivity contribution is -0.134. The average Bonchev–Trinajstić information content (AvgIpc) is 2.50. The van der Waals surface area contributed by atoms with Gasteiger partial charge in [0.25, 0.3) is 0 Å². The minimum absolute atomic E-state index is 0.0215. The fraction of sp³-hybridized carbons (Fsp3) is 0.500. The Morgan fingerprint density at radius 2 is 1.91 bits per heavy atom. The lowest BCUT2D eigenvalue weighted by Gasteiger charge is -2.16. The molecule has 0 saturated heterocycles. The van der Waals surface area contributed by atoms with E-state index >= 15 is 0 Å². The van der Waals surface area contributed by atoms with Crippen LogP contribution in [-0.2, 0) is 25.3 Å². The SMILES string of the molecule is CCOC(=O)C(=NS(=O)C(C)(C)C)c1ccccc1OCOC. The van der Waals surface area contributed by atoms with Crippen molar-refractivity contribution in [2.75, 3.05) is 20.5 Å². The van der Waals surface area contributed by atoms with Crippen molar-refractivity contribution in [1.82, 2.24) is 0 Å². The van der Waals surface area contributed by atoms with Gasteiger partial charge in [-0.3, -0.25) is 0 Å². The molecular formula is C16H23NO5S. The minimum Gasteiger partial charge on any atom is -0.467 e. The number of nitrogens with zero attached hydrogens (tertiary/aromatic N) is 1. The van der Waals surface area contributed by atoms with Crippen molar-refractivity contribution in [1.29, 1.82) is 0 Å². The molecule has 23 heavy (non-hydrogen) atoms. The van der Waals surface area contributed by atoms with Gasteiger partial charge in [0, 0.05) is 7.11 Å². The van der Waals surface area contributed by atoms with Gasteiger partial charge in [0.15, 0.2) is 12.5 Å². The molecule has 0 N–H and O–H groups in total. The van der Waals surface area contributed by atoms with Crippen LogP contribution >= 0.6 is 0 Å². The van der Waals surface area contributed by atoms with Crippen LogP contribution in [0.1, 0.15) is 33.3 Å². The summed E-state index contributed by atoms with van der Waals surface area (Å²) in [6.07, 6.45) is 0. The Morgan fingerprint density at radius 1 is 1.26 bits per heavy atom. The van der Waals surface area contributed by atoms with Gasteiger partial charge in [-0.2, -0.15) is 4.40 Å². The zero-order valence-electron chi connectivity index (χ0n) is 14.1. The molecule has 1 unspecified atom stereocenters. The van der Waals surface area contributed by atoms with Crippen molar-refractivity contribution >= 4 is 22.7 Å². The molecule has 1 aromatic rings. The summed E-state index contributed by atoms with van der Waals surface area (Å²) in [4.78, 5) is 12.3. The summed E-state index contributed by atoms with van der Waals surface area (Å²) in [6.45, 7) is 7.26. The van der Waals surface area contributed by atoms with Crippen molar-refractivity contribution < 1.29 is 23.2 Å². The highest BCUT2D eigenvalue weighted by atomic mass is 32.2. The van der Waals surface area contributed by atoms with Gasteiger partial charge in [-0.1, -0.05) is 12.1 Å². The Labute approximate surface area is 139 Å². The molecule has 0 fully saturated rings. The first-order valence-electron chi connectivity index (χ1n) is 7.20. The molecule has 1 rings (SSSR count). The van der Waals surface area contributed by atoms with E-state index in [4.69, 9.17) is 14.2 Å². The highest BCUT2D eigenvalue weighted by Crippen LogP contribution is 2.22. The number of ether oxygens (including phenoxy) is 3. The Bertz CT molecular complexity index is 592. The monoisotopic (exact) mass is 341 g/mol. The van der Waals surface area contributed by atoms with Gasteiger partial charge in [0.1, 0.15) is 16.7 Å². The molecule has 0 amide bonds. The molecule has 0 aliphatic heterocycles. The maximum Gasteiger partial charge on any atom is 0.358 e. The summed E-state index contributed by atoms with van der Waals surface area (Å²) < 4.78 is 31.2. The number of rotatable bonds is 7. The summed E-state index contributed by atoms with van der Waals surface area (Å²) >= 11 is 0. The van der Waals surface area contributed by atoms with Crippen LogP contribution in [-0.4, -0.2) is 41.1 Å². The third-order valence-corrected chi connectivity index (χ3v) is 4.04. The number of para-hydroxylation sites is 1. The van der Waals surface area contributed by atoms with Gasteiger partial charge in [-0.15, -0.1) is 0 Å². The first kappa shape index (κ1) is 19.3. The number of hydrogen-bond donors (Lipinski definition) is 0. The zero-order valence-corrected chi connectivity index (χ0v) is 14.9. The summed E-state index contributed by atoms with van der Waals surface area (Å²) in [6, 6.07) is 6.85. The molecule has 0 aliphatic rings. The summed E-state index contributed by atoms with van der Waals surface area (Å²) in [5.41, 5.74) is 0.396. The molecule has 6 nitrogen and oxygen atoms in total. The van der Waals surface area contributed by atoms with E-state index in [0.717, 1.165) is 0 Å². The van der Waals surface area contributed by atoms with E-state index in [1.54, 1.807) is 52.0 Å². The number of hydrogen-bond acceptors (Lipinski definition) is 5. The molecule has 0 heterocycles. The standard InChI is InChI=1S/C16H23NO5S/c1-6-21-15(18)14(17-23(19)16(2,3)4)12-9-7-8-10-13(12)22-11-20-5/h7-10H,6,11H2,1-5H3. The van der Waals surface area contributed by atoms with E-state index in [-0.39, 0.29) is 19.1 Å². The molecular weight excluding hydrogens is 318 g/mol. The van der Waals surface area contributed by atoms with Crippen LogP contribution in [0.2, 0.25) is 0 Å². The third-order valence-electron chi connectivity index (χ3n) is 2.64. The van der Waals surface area contributed by atoms with Gasteiger partial charge in [0.2, 0.25) is 0 Å². The van der Waals surface area contributed by atoms with Crippen LogP contribution in [0.25, 0.3) is 0 Å². The summed E-state index contributed by atoms with van der Waals surface area (Å²) in [7, 11) is -0.108. The predicted molar refractivity (Wildman–Crippen MR) is 90.0 cm³/mol. The van der Waals surface area contributed by atoms with Crippen molar-refractivity contribution in [3.05, 3.63) is 29.8 Å². The maximum absolute atomic E-state index is 12.3. The molecule has 0 bridgehead atoms. The first-order chi connectivity index (χ1) is 10.8. The zero-order chi connectivity index (χ0) is 17.5. The van der Waals surface area contributed by atoms with Crippen molar-refractivity contribution in [3.8, 4) is 5.75 Å². The molecule has 7 heteroatoms. The molecule has 0 saturated carbocycles. The minimum atomic E-state index is -1.61. The molecule has 128 valence electrons. The van der Waals surface area contributed by atoms with Gasteiger partial charge in [-0.25, -0.2) is 9.00 Å². The van der Waals surface area contributed by atoms with Crippen LogP contribution in [0.3, 0.4) is 0 Å².